The molecule has 1 fully saturated rings. The lowest BCUT2D eigenvalue weighted by atomic mass is 10.1. The van der Waals surface area contributed by atoms with Crippen LogP contribution in [0.2, 0.25) is 0 Å². The van der Waals surface area contributed by atoms with Gasteiger partial charge in [0.15, 0.2) is 6.04 Å². The monoisotopic (exact) mass is 218 g/mol. The quantitative estimate of drug-likeness (QED) is 0.373. The number of nitrogens with zero attached hydrogens (tertiary/aromatic N) is 1. The molecule has 0 radical (unpaired) electrons. The molecule has 0 saturated carbocycles. The number of hydrogen-bond acceptors (Lipinski definition) is 6. The van der Waals surface area contributed by atoms with E-state index in [1.54, 1.807) is 13.8 Å². The lowest BCUT2D eigenvalue weighted by Gasteiger charge is -2.17. The molecule has 0 bridgehead atoms. The van der Waals surface area contributed by atoms with Crippen LogP contribution in [0.25, 0.3) is 0 Å². The number of aliphatic hydroxyl groups is 2. The van der Waals surface area contributed by atoms with E-state index in [0.29, 0.717) is 0 Å². The van der Waals surface area contributed by atoms with Gasteiger partial charge < -0.3 is 14.9 Å². The molecular formula is C8H14N2O5. The molecule has 1 aliphatic heterocycles. The number of amides is 1. The van der Waals surface area contributed by atoms with Crippen LogP contribution in [0, 0.1) is 0 Å². The molecule has 3 N–H and O–H groups in total. The molecule has 0 aromatic rings. The summed E-state index contributed by atoms with van der Waals surface area (Å²) in [7, 11) is 0. The summed E-state index contributed by atoms with van der Waals surface area (Å²) in [5, 5.41) is 19.8. The van der Waals surface area contributed by atoms with Crippen molar-refractivity contribution >= 4 is 11.9 Å². The molecule has 15 heavy (non-hydrogen) atoms. The van der Waals surface area contributed by atoms with Crippen LogP contribution in [-0.2, 0) is 14.3 Å². The molecule has 1 saturated heterocycles. The Hall–Kier alpha value is -1.18. The predicted molar refractivity (Wildman–Crippen MR) is 48.1 cm³/mol. The molecule has 1 unspecified atom stereocenters. The molecule has 0 aliphatic carbocycles. The highest BCUT2D eigenvalue weighted by Crippen LogP contribution is 2.19. The van der Waals surface area contributed by atoms with Gasteiger partial charge in [-0.3, -0.25) is 14.6 Å². The van der Waals surface area contributed by atoms with Crippen molar-refractivity contribution in [1.82, 2.24) is 10.4 Å². The lowest BCUT2D eigenvalue weighted by Crippen LogP contribution is -2.51. The van der Waals surface area contributed by atoms with Gasteiger partial charge in [0, 0.05) is 6.54 Å². The summed E-state index contributed by atoms with van der Waals surface area (Å²) >= 11 is 0. The van der Waals surface area contributed by atoms with Gasteiger partial charge in [-0.2, -0.15) is 0 Å². The Morgan fingerprint density at radius 1 is 1.60 bits per heavy atom. The second kappa shape index (κ2) is 4.13. The van der Waals surface area contributed by atoms with E-state index in [9.17, 15) is 19.8 Å². The summed E-state index contributed by atoms with van der Waals surface area (Å²) in [6, 6.07) is -1.47. The zero-order valence-electron chi connectivity index (χ0n) is 8.56. The third-order valence-electron chi connectivity index (χ3n) is 2.09. The molecule has 1 atom stereocenters. The number of ether oxygens (including phenoxy) is 1. The first-order valence-electron chi connectivity index (χ1n) is 4.64. The summed E-state index contributed by atoms with van der Waals surface area (Å²) in [5.74, 6) is -4.56. The van der Waals surface area contributed by atoms with Crippen LogP contribution in [0.3, 0.4) is 0 Å². The van der Waals surface area contributed by atoms with Gasteiger partial charge in [0.2, 0.25) is 0 Å². The maximum atomic E-state index is 11.3. The molecule has 1 heterocycles. The largest absolute Gasteiger partial charge is 0.465 e. The highest BCUT2D eigenvalue weighted by Gasteiger charge is 2.56. The first-order valence-corrected chi connectivity index (χ1v) is 4.64. The summed E-state index contributed by atoms with van der Waals surface area (Å²) in [6.07, 6.45) is 0. The summed E-state index contributed by atoms with van der Waals surface area (Å²) < 4.78 is 4.60. The van der Waals surface area contributed by atoms with Crippen LogP contribution in [-0.4, -0.2) is 52.1 Å². The van der Waals surface area contributed by atoms with Crippen molar-refractivity contribution in [3.63, 3.8) is 0 Å². The maximum Gasteiger partial charge on any atom is 0.331 e. The molecule has 86 valence electrons. The van der Waals surface area contributed by atoms with Gasteiger partial charge in [-0.25, -0.2) is 5.43 Å². The number of nitrogens with one attached hydrogen (secondary N) is 1. The van der Waals surface area contributed by atoms with Crippen LogP contribution >= 0.6 is 0 Å². The van der Waals surface area contributed by atoms with Crippen molar-refractivity contribution in [1.29, 1.82) is 0 Å². The van der Waals surface area contributed by atoms with Crippen molar-refractivity contribution in [2.45, 2.75) is 25.7 Å². The van der Waals surface area contributed by atoms with Gasteiger partial charge >= 0.3 is 5.97 Å². The zero-order valence-corrected chi connectivity index (χ0v) is 8.56. The Morgan fingerprint density at radius 2 is 2.20 bits per heavy atom. The fourth-order valence-electron chi connectivity index (χ4n) is 1.30. The van der Waals surface area contributed by atoms with E-state index in [0.717, 1.165) is 5.01 Å². The fourth-order valence-corrected chi connectivity index (χ4v) is 1.30. The van der Waals surface area contributed by atoms with Gasteiger partial charge in [-0.05, 0) is 13.8 Å². The van der Waals surface area contributed by atoms with E-state index >= 15 is 0 Å². The van der Waals surface area contributed by atoms with E-state index in [4.69, 9.17) is 0 Å². The average molecular weight is 218 g/mol. The number of esters is 1. The first-order chi connectivity index (χ1) is 6.95. The minimum Gasteiger partial charge on any atom is -0.465 e. The molecule has 1 aliphatic rings. The van der Waals surface area contributed by atoms with Crippen LogP contribution in [0.4, 0.5) is 0 Å². The summed E-state index contributed by atoms with van der Waals surface area (Å²) in [4.78, 5) is 22.6. The molecule has 1 amide bonds. The highest BCUT2D eigenvalue weighted by molar-refractivity contribution is 5.94. The normalized spacial score (nSPS) is 24.4. The van der Waals surface area contributed by atoms with Gasteiger partial charge in [-0.1, -0.05) is 0 Å². The van der Waals surface area contributed by atoms with E-state index in [-0.39, 0.29) is 13.2 Å². The number of likely N-dealkylation sites (N-methyl/N-ethyl adjacent to an activating group) is 1. The Balaban J connectivity index is 2.83. The van der Waals surface area contributed by atoms with Gasteiger partial charge in [0.05, 0.1) is 6.61 Å². The van der Waals surface area contributed by atoms with Gasteiger partial charge in [-0.15, -0.1) is 0 Å². The number of carbonyl (C=O) groups excluding carboxylic acids is 2. The highest BCUT2D eigenvalue weighted by atomic mass is 16.6. The smallest absolute Gasteiger partial charge is 0.331 e. The Labute approximate surface area is 86.6 Å². The molecule has 0 aromatic heterocycles. The Kier molecular flexibility index (Phi) is 3.28. The molecule has 0 aromatic carbocycles. The van der Waals surface area contributed by atoms with Gasteiger partial charge in [0.1, 0.15) is 0 Å². The van der Waals surface area contributed by atoms with Crippen LogP contribution < -0.4 is 5.43 Å². The minimum atomic E-state index is -2.73. The van der Waals surface area contributed by atoms with E-state index in [1.807, 2.05) is 0 Å². The zero-order chi connectivity index (χ0) is 11.6. The van der Waals surface area contributed by atoms with Crippen molar-refractivity contribution in [2.24, 2.45) is 0 Å². The van der Waals surface area contributed by atoms with Crippen molar-refractivity contribution in [3.8, 4) is 0 Å². The summed E-state index contributed by atoms with van der Waals surface area (Å²) in [5.41, 5.74) is 2.37. The molecule has 1 rings (SSSR count). The topological polar surface area (TPSA) is 99.1 Å². The second-order valence-electron chi connectivity index (χ2n) is 3.09. The second-order valence-corrected chi connectivity index (χ2v) is 3.09. The Bertz CT molecular complexity index is 278. The van der Waals surface area contributed by atoms with Crippen molar-refractivity contribution in [2.75, 3.05) is 13.2 Å². The standard InChI is InChI=1S/C8H14N2O5/c1-3-10-7(12)8(13,14)5(9-10)6(11)15-4-2/h5,9,13-14H,3-4H2,1-2H3. The maximum absolute atomic E-state index is 11.3. The number of hydrazine groups is 1. The number of rotatable bonds is 3. The van der Waals surface area contributed by atoms with Crippen molar-refractivity contribution in [3.05, 3.63) is 0 Å². The van der Waals surface area contributed by atoms with Gasteiger partial charge in [0.25, 0.3) is 11.7 Å². The van der Waals surface area contributed by atoms with E-state index in [1.165, 1.54) is 0 Å². The SMILES string of the molecule is CCOC(=O)C1NN(CC)C(=O)C1(O)O. The summed E-state index contributed by atoms with van der Waals surface area (Å²) in [6.45, 7) is 3.54. The lowest BCUT2D eigenvalue weighted by molar-refractivity contribution is -0.193. The third-order valence-corrected chi connectivity index (χ3v) is 2.09. The third kappa shape index (κ3) is 1.94. The first kappa shape index (κ1) is 11.9. The van der Waals surface area contributed by atoms with E-state index in [2.05, 4.69) is 10.2 Å². The van der Waals surface area contributed by atoms with Crippen LogP contribution in [0.5, 0.6) is 0 Å². The van der Waals surface area contributed by atoms with Crippen molar-refractivity contribution < 1.29 is 24.5 Å². The minimum absolute atomic E-state index is 0.105. The van der Waals surface area contributed by atoms with Crippen LogP contribution in [0.15, 0.2) is 0 Å². The van der Waals surface area contributed by atoms with E-state index < -0.39 is 23.7 Å². The number of hydrogen-bond donors (Lipinski definition) is 3. The van der Waals surface area contributed by atoms with Crippen LogP contribution in [0.1, 0.15) is 13.8 Å². The Morgan fingerprint density at radius 3 is 2.60 bits per heavy atom. The number of carbonyl (C=O) groups is 2. The molecule has 7 nitrogen and oxygen atoms in total. The predicted octanol–water partition coefficient (Wildman–Crippen LogP) is -2.03. The average Bonchev–Trinajstić information content (AvgIpc) is 2.39. The molecular weight excluding hydrogens is 204 g/mol. The molecule has 0 spiro atoms. The fraction of sp³-hybridized carbons (Fsp3) is 0.750. The molecule has 7 heteroatoms.